The van der Waals surface area contributed by atoms with Crippen LogP contribution in [0.15, 0.2) is 29.2 Å². The molecule has 0 aliphatic carbocycles. The van der Waals surface area contributed by atoms with E-state index in [1.54, 1.807) is 6.07 Å². The minimum atomic E-state index is -3.76. The molecule has 1 fully saturated rings. The van der Waals surface area contributed by atoms with Crippen LogP contribution in [0.5, 0.6) is 5.75 Å². The highest BCUT2D eigenvalue weighted by atomic mass is 32.2. The molecule has 1 amide bonds. The summed E-state index contributed by atoms with van der Waals surface area (Å²) in [4.78, 5) is 26.2. The van der Waals surface area contributed by atoms with Gasteiger partial charge in [0.25, 0.3) is 5.91 Å². The molecule has 1 saturated heterocycles. The first kappa shape index (κ1) is 25.2. The number of benzene rings is 1. The van der Waals surface area contributed by atoms with Gasteiger partial charge in [0.15, 0.2) is 6.61 Å². The number of nitrogens with zero attached hydrogens (tertiary/aromatic N) is 1. The minimum Gasteiger partial charge on any atom is -0.495 e. The molecule has 0 atom stereocenters. The molecule has 0 spiro atoms. The van der Waals surface area contributed by atoms with E-state index >= 15 is 0 Å². The maximum atomic E-state index is 13.1. The molecule has 1 aliphatic rings. The number of thiophene rings is 1. The van der Waals surface area contributed by atoms with Gasteiger partial charge in [-0.3, -0.25) is 4.79 Å². The smallest absolute Gasteiger partial charge is 0.348 e. The van der Waals surface area contributed by atoms with Gasteiger partial charge in [-0.15, -0.1) is 11.3 Å². The molecule has 0 radical (unpaired) electrons. The van der Waals surface area contributed by atoms with Crippen LogP contribution in [0, 0.1) is 6.92 Å². The van der Waals surface area contributed by atoms with E-state index in [9.17, 15) is 18.0 Å². The third kappa shape index (κ3) is 6.13. The summed E-state index contributed by atoms with van der Waals surface area (Å²) < 4.78 is 38.1. The fourth-order valence-electron chi connectivity index (χ4n) is 3.74. The molecule has 2 aromatic rings. The average Bonchev–Trinajstić information content (AvgIpc) is 3.18. The SMILES string of the molecule is CCCc1cc(C(=O)OCC(=O)Nc2ccc(OC)c(S(=O)(=O)N3CCCCC3)c2)sc1C. The van der Waals surface area contributed by atoms with Crippen molar-refractivity contribution in [3.63, 3.8) is 0 Å². The number of carbonyl (C=O) groups is 2. The van der Waals surface area contributed by atoms with E-state index in [2.05, 4.69) is 12.2 Å². The zero-order valence-corrected chi connectivity index (χ0v) is 20.8. The molecule has 10 heteroatoms. The summed E-state index contributed by atoms with van der Waals surface area (Å²) in [6, 6.07) is 6.24. The van der Waals surface area contributed by atoms with E-state index in [1.807, 2.05) is 13.0 Å². The second-order valence-corrected chi connectivity index (χ2v) is 11.1. The van der Waals surface area contributed by atoms with Crippen molar-refractivity contribution in [1.29, 1.82) is 0 Å². The van der Waals surface area contributed by atoms with Crippen molar-refractivity contribution in [2.75, 3.05) is 32.1 Å². The van der Waals surface area contributed by atoms with Gasteiger partial charge in [-0.25, -0.2) is 13.2 Å². The first-order valence-electron chi connectivity index (χ1n) is 11.0. The number of hydrogen-bond donors (Lipinski definition) is 1. The molecule has 0 saturated carbocycles. The first-order chi connectivity index (χ1) is 15.8. The van der Waals surface area contributed by atoms with Gasteiger partial charge in [0.05, 0.1) is 7.11 Å². The Bertz CT molecular complexity index is 1100. The van der Waals surface area contributed by atoms with Crippen molar-refractivity contribution in [3.8, 4) is 5.75 Å². The number of amides is 1. The quantitative estimate of drug-likeness (QED) is 0.529. The fraction of sp³-hybridized carbons (Fsp3) is 0.478. The lowest BCUT2D eigenvalue weighted by Gasteiger charge is -2.26. The lowest BCUT2D eigenvalue weighted by molar-refractivity contribution is -0.119. The number of hydrogen-bond acceptors (Lipinski definition) is 7. The summed E-state index contributed by atoms with van der Waals surface area (Å²) >= 11 is 1.35. The molecular weight excluding hydrogens is 464 g/mol. The van der Waals surface area contributed by atoms with Gasteiger partial charge in [-0.1, -0.05) is 19.8 Å². The van der Waals surface area contributed by atoms with Crippen molar-refractivity contribution in [1.82, 2.24) is 4.31 Å². The number of aryl methyl sites for hydroxylation is 2. The maximum Gasteiger partial charge on any atom is 0.348 e. The summed E-state index contributed by atoms with van der Waals surface area (Å²) in [6.07, 6.45) is 4.49. The van der Waals surface area contributed by atoms with E-state index < -0.39 is 28.5 Å². The van der Waals surface area contributed by atoms with E-state index in [0.29, 0.717) is 18.0 Å². The summed E-state index contributed by atoms with van der Waals surface area (Å²) in [7, 11) is -2.36. The highest BCUT2D eigenvalue weighted by Crippen LogP contribution is 2.31. The number of methoxy groups -OCH3 is 1. The number of ether oxygens (including phenoxy) is 2. The number of carbonyl (C=O) groups excluding carboxylic acids is 2. The molecule has 1 aromatic carbocycles. The van der Waals surface area contributed by atoms with Crippen molar-refractivity contribution in [2.45, 2.75) is 50.8 Å². The predicted molar refractivity (Wildman–Crippen MR) is 128 cm³/mol. The third-order valence-electron chi connectivity index (χ3n) is 5.46. The second kappa shape index (κ2) is 11.1. The van der Waals surface area contributed by atoms with Gasteiger partial charge in [-0.05, 0) is 56.0 Å². The second-order valence-electron chi connectivity index (χ2n) is 7.90. The van der Waals surface area contributed by atoms with E-state index in [4.69, 9.17) is 9.47 Å². The molecule has 0 unspecified atom stereocenters. The standard InChI is InChI=1S/C23H30N2O6S2/c1-4-8-17-13-20(32-16(17)2)23(27)31-15-22(26)24-18-9-10-19(30-3)21(14-18)33(28,29)25-11-6-5-7-12-25/h9-10,13-14H,4-8,11-12,15H2,1-3H3,(H,24,26). The van der Waals surface area contributed by atoms with Gasteiger partial charge in [0, 0.05) is 23.7 Å². The molecule has 3 rings (SSSR count). The maximum absolute atomic E-state index is 13.1. The number of nitrogens with one attached hydrogen (secondary N) is 1. The lowest BCUT2D eigenvalue weighted by atomic mass is 10.1. The van der Waals surface area contributed by atoms with Crippen LogP contribution in [-0.4, -0.2) is 51.4 Å². The Morgan fingerprint density at radius 2 is 1.88 bits per heavy atom. The van der Waals surface area contributed by atoms with E-state index in [1.165, 1.54) is 34.9 Å². The molecule has 1 aliphatic heterocycles. The average molecular weight is 495 g/mol. The number of piperidine rings is 1. The fourth-order valence-corrected chi connectivity index (χ4v) is 6.40. The van der Waals surface area contributed by atoms with Crippen molar-refractivity contribution < 1.29 is 27.5 Å². The van der Waals surface area contributed by atoms with Gasteiger partial charge >= 0.3 is 5.97 Å². The highest BCUT2D eigenvalue weighted by molar-refractivity contribution is 7.89. The van der Waals surface area contributed by atoms with Crippen molar-refractivity contribution in [3.05, 3.63) is 39.6 Å². The Labute approximate surface area is 198 Å². The van der Waals surface area contributed by atoms with Gasteiger partial charge < -0.3 is 14.8 Å². The lowest BCUT2D eigenvalue weighted by Crippen LogP contribution is -2.35. The zero-order chi connectivity index (χ0) is 24.0. The van der Waals surface area contributed by atoms with E-state index in [-0.39, 0.29) is 16.3 Å². The summed E-state index contributed by atoms with van der Waals surface area (Å²) in [5, 5.41) is 2.60. The zero-order valence-electron chi connectivity index (χ0n) is 19.2. The summed E-state index contributed by atoms with van der Waals surface area (Å²) in [6.45, 7) is 4.47. The molecule has 1 N–H and O–H groups in total. The molecule has 2 heterocycles. The van der Waals surface area contributed by atoms with Crippen LogP contribution in [0.25, 0.3) is 0 Å². The Hall–Kier alpha value is -2.43. The topological polar surface area (TPSA) is 102 Å². The molecule has 0 bridgehead atoms. The van der Waals surface area contributed by atoms with Crippen LogP contribution in [0.3, 0.4) is 0 Å². The third-order valence-corrected chi connectivity index (χ3v) is 8.45. The Morgan fingerprint density at radius 3 is 2.55 bits per heavy atom. The van der Waals surface area contributed by atoms with Gasteiger partial charge in [0.2, 0.25) is 10.0 Å². The summed E-state index contributed by atoms with van der Waals surface area (Å²) in [5.41, 5.74) is 1.39. The molecule has 33 heavy (non-hydrogen) atoms. The van der Waals surface area contributed by atoms with Crippen LogP contribution < -0.4 is 10.1 Å². The van der Waals surface area contributed by atoms with Crippen LogP contribution in [0.2, 0.25) is 0 Å². The van der Waals surface area contributed by atoms with Crippen LogP contribution in [-0.2, 0) is 26.0 Å². The normalized spacial score (nSPS) is 14.6. The number of sulfonamides is 1. The number of rotatable bonds is 9. The van der Waals surface area contributed by atoms with Crippen molar-refractivity contribution >= 4 is 38.9 Å². The monoisotopic (exact) mass is 494 g/mol. The largest absolute Gasteiger partial charge is 0.495 e. The van der Waals surface area contributed by atoms with Gasteiger partial charge in [0.1, 0.15) is 15.5 Å². The highest BCUT2D eigenvalue weighted by Gasteiger charge is 2.29. The number of esters is 1. The predicted octanol–water partition coefficient (Wildman–Crippen LogP) is 3.99. The molecule has 1 aromatic heterocycles. The number of anilines is 1. The van der Waals surface area contributed by atoms with Crippen molar-refractivity contribution in [2.24, 2.45) is 0 Å². The molecule has 8 nitrogen and oxygen atoms in total. The minimum absolute atomic E-state index is 0.000732. The molecule has 180 valence electrons. The van der Waals surface area contributed by atoms with Crippen LogP contribution >= 0.6 is 11.3 Å². The van der Waals surface area contributed by atoms with E-state index in [0.717, 1.165) is 42.5 Å². The van der Waals surface area contributed by atoms with Crippen LogP contribution in [0.1, 0.15) is 52.7 Å². The Kier molecular flexibility index (Phi) is 8.50. The molecular formula is C23H30N2O6S2. The van der Waals surface area contributed by atoms with Gasteiger partial charge in [-0.2, -0.15) is 4.31 Å². The first-order valence-corrected chi connectivity index (χ1v) is 13.3. The van der Waals surface area contributed by atoms with Crippen LogP contribution in [0.4, 0.5) is 5.69 Å². The summed E-state index contributed by atoms with van der Waals surface area (Å²) in [5.74, 6) is -0.901. The Balaban J connectivity index is 1.66. The Morgan fingerprint density at radius 1 is 1.15 bits per heavy atom.